The van der Waals surface area contributed by atoms with Crippen molar-refractivity contribution in [1.82, 2.24) is 9.97 Å². The molecule has 0 atom stereocenters. The van der Waals surface area contributed by atoms with Crippen molar-refractivity contribution < 1.29 is 9.47 Å². The molecule has 0 fully saturated rings. The van der Waals surface area contributed by atoms with E-state index in [1.165, 1.54) is 11.9 Å². The zero-order chi connectivity index (χ0) is 14.4. The van der Waals surface area contributed by atoms with Gasteiger partial charge in [0.15, 0.2) is 0 Å². The fourth-order valence-electron chi connectivity index (χ4n) is 2.00. The van der Waals surface area contributed by atoms with E-state index < -0.39 is 0 Å². The van der Waals surface area contributed by atoms with Gasteiger partial charge in [0.2, 0.25) is 5.88 Å². The Hall–Kier alpha value is -2.14. The van der Waals surface area contributed by atoms with Crippen molar-refractivity contribution in [2.45, 2.75) is 20.1 Å². The van der Waals surface area contributed by atoms with Gasteiger partial charge in [-0.2, -0.15) is 0 Å². The van der Waals surface area contributed by atoms with Gasteiger partial charge in [-0.3, -0.25) is 0 Å². The Balaban J connectivity index is 2.07. The lowest BCUT2D eigenvalue weighted by Gasteiger charge is -2.11. The number of nitrogens with zero attached hydrogens (tertiary/aromatic N) is 2. The molecule has 0 aliphatic carbocycles. The third-order valence-electron chi connectivity index (χ3n) is 2.99. The van der Waals surface area contributed by atoms with E-state index in [0.29, 0.717) is 19.0 Å². The molecule has 106 valence electrons. The minimum Gasteiger partial charge on any atom is -0.481 e. The average Bonchev–Trinajstić information content (AvgIpc) is 2.47. The summed E-state index contributed by atoms with van der Waals surface area (Å²) >= 11 is 0. The molecule has 5 heteroatoms. The van der Waals surface area contributed by atoms with Gasteiger partial charge in [-0.15, -0.1) is 0 Å². The maximum atomic E-state index is 5.18. The number of hydrogen-bond acceptors (Lipinski definition) is 5. The Morgan fingerprint density at radius 1 is 1.15 bits per heavy atom. The second kappa shape index (κ2) is 6.86. The second-order valence-electron chi connectivity index (χ2n) is 4.46. The Morgan fingerprint density at radius 3 is 2.70 bits per heavy atom. The monoisotopic (exact) mass is 273 g/mol. The van der Waals surface area contributed by atoms with Crippen LogP contribution in [0, 0.1) is 6.92 Å². The molecule has 20 heavy (non-hydrogen) atoms. The first-order chi connectivity index (χ1) is 9.74. The van der Waals surface area contributed by atoms with E-state index in [1.807, 2.05) is 19.1 Å². The molecule has 2 rings (SSSR count). The number of aromatic nitrogens is 2. The van der Waals surface area contributed by atoms with Crippen LogP contribution in [-0.2, 0) is 17.9 Å². The number of hydrogen-bond donors (Lipinski definition) is 1. The van der Waals surface area contributed by atoms with Gasteiger partial charge in [-0.05, 0) is 18.1 Å². The third-order valence-corrected chi connectivity index (χ3v) is 2.99. The lowest BCUT2D eigenvalue weighted by molar-refractivity contribution is 0.185. The van der Waals surface area contributed by atoms with Gasteiger partial charge in [-0.1, -0.05) is 24.3 Å². The third kappa shape index (κ3) is 3.45. The summed E-state index contributed by atoms with van der Waals surface area (Å²) in [6.07, 6.45) is 1.50. The molecule has 0 spiro atoms. The van der Waals surface area contributed by atoms with Gasteiger partial charge < -0.3 is 14.8 Å². The molecule has 0 amide bonds. The SMILES string of the molecule is COCc1cccc(CNc2ncnc(OC)c2C)c1. The van der Waals surface area contributed by atoms with Crippen LogP contribution in [-0.4, -0.2) is 24.2 Å². The molecule has 1 aromatic heterocycles. The summed E-state index contributed by atoms with van der Waals surface area (Å²) in [6, 6.07) is 8.26. The van der Waals surface area contributed by atoms with Crippen molar-refractivity contribution in [2.75, 3.05) is 19.5 Å². The van der Waals surface area contributed by atoms with E-state index in [1.54, 1.807) is 14.2 Å². The van der Waals surface area contributed by atoms with Gasteiger partial charge in [0.1, 0.15) is 12.1 Å². The summed E-state index contributed by atoms with van der Waals surface area (Å²) < 4.78 is 10.3. The van der Waals surface area contributed by atoms with Crippen LogP contribution in [0.25, 0.3) is 0 Å². The number of methoxy groups -OCH3 is 2. The van der Waals surface area contributed by atoms with Crippen LogP contribution in [0.5, 0.6) is 5.88 Å². The van der Waals surface area contributed by atoms with E-state index in [0.717, 1.165) is 16.9 Å². The standard InChI is InChI=1S/C15H19N3O2/c1-11-14(17-10-18-15(11)20-3)16-8-12-5-4-6-13(7-12)9-19-2/h4-7,10H,8-9H2,1-3H3,(H,16,17,18). The summed E-state index contributed by atoms with van der Waals surface area (Å²) in [5.41, 5.74) is 3.24. The number of rotatable bonds is 6. The first-order valence-electron chi connectivity index (χ1n) is 6.40. The van der Waals surface area contributed by atoms with Gasteiger partial charge in [0.05, 0.1) is 19.3 Å². The highest BCUT2D eigenvalue weighted by molar-refractivity contribution is 5.48. The average molecular weight is 273 g/mol. The normalized spacial score (nSPS) is 10.3. The Bertz CT molecular complexity index is 573. The number of nitrogens with one attached hydrogen (secondary N) is 1. The van der Waals surface area contributed by atoms with Gasteiger partial charge in [0, 0.05) is 13.7 Å². The summed E-state index contributed by atoms with van der Waals surface area (Å²) in [7, 11) is 3.30. The Kier molecular flexibility index (Phi) is 4.90. The highest BCUT2D eigenvalue weighted by Gasteiger charge is 2.06. The lowest BCUT2D eigenvalue weighted by Crippen LogP contribution is -2.05. The number of benzene rings is 1. The molecule has 0 radical (unpaired) electrons. The highest BCUT2D eigenvalue weighted by Crippen LogP contribution is 2.20. The fourth-order valence-corrected chi connectivity index (χ4v) is 2.00. The predicted octanol–water partition coefficient (Wildman–Crippen LogP) is 2.55. The summed E-state index contributed by atoms with van der Waals surface area (Å²) in [5.74, 6) is 1.38. The van der Waals surface area contributed by atoms with Crippen molar-refractivity contribution >= 4 is 5.82 Å². The van der Waals surface area contributed by atoms with Gasteiger partial charge in [-0.25, -0.2) is 9.97 Å². The lowest BCUT2D eigenvalue weighted by atomic mass is 10.1. The highest BCUT2D eigenvalue weighted by atomic mass is 16.5. The van der Waals surface area contributed by atoms with E-state index in [4.69, 9.17) is 9.47 Å². The van der Waals surface area contributed by atoms with Crippen molar-refractivity contribution in [3.05, 3.63) is 47.3 Å². The van der Waals surface area contributed by atoms with Gasteiger partial charge >= 0.3 is 0 Å². The van der Waals surface area contributed by atoms with Crippen LogP contribution in [0.1, 0.15) is 16.7 Å². The molecule has 1 N–H and O–H groups in total. The maximum Gasteiger partial charge on any atom is 0.221 e. The minimum atomic E-state index is 0.593. The van der Waals surface area contributed by atoms with Crippen molar-refractivity contribution in [1.29, 1.82) is 0 Å². The van der Waals surface area contributed by atoms with Crippen LogP contribution in [0.4, 0.5) is 5.82 Å². The quantitative estimate of drug-likeness (QED) is 0.876. The Labute approximate surface area is 119 Å². The van der Waals surface area contributed by atoms with Crippen LogP contribution in [0.15, 0.2) is 30.6 Å². The second-order valence-corrected chi connectivity index (χ2v) is 4.46. The van der Waals surface area contributed by atoms with E-state index in [9.17, 15) is 0 Å². The van der Waals surface area contributed by atoms with Crippen molar-refractivity contribution in [3.63, 3.8) is 0 Å². The van der Waals surface area contributed by atoms with Crippen molar-refractivity contribution in [2.24, 2.45) is 0 Å². The predicted molar refractivity (Wildman–Crippen MR) is 77.8 cm³/mol. The molecule has 0 unspecified atom stereocenters. The molecule has 2 aromatic rings. The maximum absolute atomic E-state index is 5.18. The van der Waals surface area contributed by atoms with E-state index >= 15 is 0 Å². The molecular formula is C15H19N3O2. The molecule has 1 heterocycles. The van der Waals surface area contributed by atoms with Crippen molar-refractivity contribution in [3.8, 4) is 5.88 Å². The topological polar surface area (TPSA) is 56.3 Å². The number of anilines is 1. The minimum absolute atomic E-state index is 0.593. The summed E-state index contributed by atoms with van der Waals surface area (Å²) in [5, 5.41) is 3.30. The number of ether oxygens (including phenoxy) is 2. The zero-order valence-electron chi connectivity index (χ0n) is 12.0. The molecule has 0 aliphatic heterocycles. The molecule has 0 saturated heterocycles. The fraction of sp³-hybridized carbons (Fsp3) is 0.333. The first-order valence-corrected chi connectivity index (χ1v) is 6.40. The molecule has 0 aliphatic rings. The molecule has 0 bridgehead atoms. The smallest absolute Gasteiger partial charge is 0.221 e. The van der Waals surface area contributed by atoms with E-state index in [2.05, 4.69) is 27.4 Å². The van der Waals surface area contributed by atoms with Crippen LogP contribution < -0.4 is 10.1 Å². The van der Waals surface area contributed by atoms with Crippen LogP contribution >= 0.6 is 0 Å². The Morgan fingerprint density at radius 2 is 1.95 bits per heavy atom. The summed E-state index contributed by atoms with van der Waals surface area (Å²) in [4.78, 5) is 8.29. The molecule has 1 aromatic carbocycles. The molecule has 5 nitrogen and oxygen atoms in total. The largest absolute Gasteiger partial charge is 0.481 e. The summed E-state index contributed by atoms with van der Waals surface area (Å²) in [6.45, 7) is 3.25. The van der Waals surface area contributed by atoms with Crippen LogP contribution in [0.2, 0.25) is 0 Å². The van der Waals surface area contributed by atoms with E-state index in [-0.39, 0.29) is 0 Å². The molecule has 0 saturated carbocycles. The van der Waals surface area contributed by atoms with Crippen LogP contribution in [0.3, 0.4) is 0 Å². The first kappa shape index (κ1) is 14.3. The molecular weight excluding hydrogens is 254 g/mol. The zero-order valence-corrected chi connectivity index (χ0v) is 12.0. The van der Waals surface area contributed by atoms with Gasteiger partial charge in [0.25, 0.3) is 0 Å².